The van der Waals surface area contributed by atoms with E-state index in [1.165, 1.54) is 45.2 Å². The fourth-order valence-electron chi connectivity index (χ4n) is 3.07. The maximum absolute atomic E-state index is 12.4. The van der Waals surface area contributed by atoms with E-state index in [0.717, 1.165) is 0 Å². The zero-order valence-corrected chi connectivity index (χ0v) is 20.0. The van der Waals surface area contributed by atoms with Gasteiger partial charge in [0.1, 0.15) is 23.9 Å². The molecule has 36 heavy (non-hydrogen) atoms. The molecule has 1 aromatic heterocycles. The summed E-state index contributed by atoms with van der Waals surface area (Å²) in [5, 5.41) is 9.25. The SMILES string of the molecule is COCc1nc(-c2ccc(OC(F)(F)F)cc2)ncc1COc1ccc(OC(C)(C)C(=O)O)c(C)c1. The summed E-state index contributed by atoms with van der Waals surface area (Å²) in [7, 11) is 1.51. The maximum Gasteiger partial charge on any atom is 0.573 e. The number of halogens is 3. The molecule has 11 heteroatoms. The third-order valence-electron chi connectivity index (χ3n) is 5.00. The average molecular weight is 506 g/mol. The Morgan fingerprint density at radius 1 is 1.00 bits per heavy atom. The van der Waals surface area contributed by atoms with E-state index in [1.54, 1.807) is 31.3 Å². The lowest BCUT2D eigenvalue weighted by molar-refractivity contribution is -0.274. The van der Waals surface area contributed by atoms with Crippen LogP contribution in [0.1, 0.15) is 30.7 Å². The van der Waals surface area contributed by atoms with Crippen LogP contribution in [0.3, 0.4) is 0 Å². The molecule has 0 atom stereocenters. The van der Waals surface area contributed by atoms with Gasteiger partial charge in [-0.3, -0.25) is 0 Å². The molecule has 0 radical (unpaired) electrons. The topological polar surface area (TPSA) is 100 Å². The molecule has 1 N–H and O–H groups in total. The molecule has 0 saturated heterocycles. The summed E-state index contributed by atoms with van der Waals surface area (Å²) in [5.74, 6) is -0.161. The van der Waals surface area contributed by atoms with Crippen LogP contribution in [0.15, 0.2) is 48.7 Å². The Kier molecular flexibility index (Phi) is 8.03. The van der Waals surface area contributed by atoms with Gasteiger partial charge in [0.15, 0.2) is 11.4 Å². The second kappa shape index (κ2) is 10.8. The molecule has 0 aliphatic heterocycles. The number of carbonyl (C=O) groups is 1. The number of rotatable bonds is 10. The molecule has 0 aliphatic carbocycles. The number of carboxylic acids is 1. The van der Waals surface area contributed by atoms with Crippen molar-refractivity contribution >= 4 is 5.97 Å². The van der Waals surface area contributed by atoms with Crippen LogP contribution < -0.4 is 14.2 Å². The average Bonchev–Trinajstić information content (AvgIpc) is 2.79. The van der Waals surface area contributed by atoms with Crippen molar-refractivity contribution < 1.29 is 42.0 Å². The summed E-state index contributed by atoms with van der Waals surface area (Å²) in [6.45, 7) is 4.99. The predicted octanol–water partition coefficient (Wildman–Crippen LogP) is 5.32. The van der Waals surface area contributed by atoms with E-state index in [-0.39, 0.29) is 19.0 Å². The second-order valence-electron chi connectivity index (χ2n) is 8.30. The number of methoxy groups -OCH3 is 1. The highest BCUT2D eigenvalue weighted by molar-refractivity contribution is 5.76. The number of aromatic nitrogens is 2. The molecule has 0 amide bonds. The van der Waals surface area contributed by atoms with Gasteiger partial charge in [-0.1, -0.05) is 0 Å². The number of aliphatic carboxylic acids is 1. The Hall–Kier alpha value is -3.86. The van der Waals surface area contributed by atoms with E-state index in [4.69, 9.17) is 14.2 Å². The highest BCUT2D eigenvalue weighted by atomic mass is 19.4. The zero-order valence-electron chi connectivity index (χ0n) is 20.0. The Balaban J connectivity index is 1.73. The number of carboxylic acid groups (broad SMARTS) is 1. The summed E-state index contributed by atoms with van der Waals surface area (Å²) in [6.07, 6.45) is -3.21. The molecule has 0 fully saturated rings. The van der Waals surface area contributed by atoms with Gasteiger partial charge in [0.2, 0.25) is 0 Å². The Labute approximate surface area is 205 Å². The van der Waals surface area contributed by atoms with Crippen LogP contribution >= 0.6 is 0 Å². The number of hydrogen-bond acceptors (Lipinski definition) is 7. The fraction of sp³-hybridized carbons (Fsp3) is 0.320. The van der Waals surface area contributed by atoms with Gasteiger partial charge in [-0.05, 0) is 68.8 Å². The van der Waals surface area contributed by atoms with Crippen LogP contribution in [-0.4, -0.2) is 40.1 Å². The van der Waals surface area contributed by atoms with Crippen LogP contribution in [-0.2, 0) is 22.7 Å². The van der Waals surface area contributed by atoms with Crippen LogP contribution in [0.4, 0.5) is 13.2 Å². The summed E-state index contributed by atoms with van der Waals surface area (Å²) in [6, 6.07) is 10.3. The van der Waals surface area contributed by atoms with Crippen molar-refractivity contribution in [2.75, 3.05) is 7.11 Å². The summed E-state index contributed by atoms with van der Waals surface area (Å²) >= 11 is 0. The van der Waals surface area contributed by atoms with Crippen LogP contribution in [0.5, 0.6) is 17.2 Å². The molecule has 8 nitrogen and oxygen atoms in total. The normalized spacial score (nSPS) is 11.8. The first kappa shape index (κ1) is 26.7. The van der Waals surface area contributed by atoms with Crippen molar-refractivity contribution in [2.45, 2.75) is 45.9 Å². The molecule has 0 spiro atoms. The van der Waals surface area contributed by atoms with Gasteiger partial charge in [-0.25, -0.2) is 14.8 Å². The number of nitrogens with zero attached hydrogens (tertiary/aromatic N) is 2. The van der Waals surface area contributed by atoms with Crippen LogP contribution in [0, 0.1) is 6.92 Å². The summed E-state index contributed by atoms with van der Waals surface area (Å²) in [5.41, 5.74) is 1.03. The van der Waals surface area contributed by atoms with Gasteiger partial charge in [0.25, 0.3) is 0 Å². The van der Waals surface area contributed by atoms with E-state index in [0.29, 0.717) is 39.7 Å². The number of benzene rings is 2. The second-order valence-corrected chi connectivity index (χ2v) is 8.30. The minimum atomic E-state index is -4.77. The molecule has 0 aliphatic rings. The van der Waals surface area contributed by atoms with Crippen molar-refractivity contribution in [3.8, 4) is 28.6 Å². The third kappa shape index (κ3) is 7.08. The van der Waals surface area contributed by atoms with Gasteiger partial charge in [0.05, 0.1) is 12.3 Å². The fourth-order valence-corrected chi connectivity index (χ4v) is 3.07. The van der Waals surface area contributed by atoms with Gasteiger partial charge >= 0.3 is 12.3 Å². The molecule has 3 rings (SSSR count). The molecule has 1 heterocycles. The molecule has 3 aromatic rings. The van der Waals surface area contributed by atoms with E-state index in [2.05, 4.69) is 14.7 Å². The standard InChI is InChI=1S/C25H25F3N2O6/c1-15-11-19(9-10-21(15)36-24(2,3)23(31)32)34-13-17-12-29-22(30-20(17)14-33-4)16-5-7-18(8-6-16)35-25(26,27)28/h5-12H,13-14H2,1-4H3,(H,31,32). The largest absolute Gasteiger partial charge is 0.573 e. The Bertz CT molecular complexity index is 1210. The van der Waals surface area contributed by atoms with Gasteiger partial charge in [0, 0.05) is 24.4 Å². The molecule has 2 aromatic carbocycles. The summed E-state index contributed by atoms with van der Waals surface area (Å²) < 4.78 is 57.7. The van der Waals surface area contributed by atoms with Gasteiger partial charge in [-0.15, -0.1) is 13.2 Å². The highest BCUT2D eigenvalue weighted by Gasteiger charge is 2.31. The van der Waals surface area contributed by atoms with E-state index < -0.39 is 17.9 Å². The Morgan fingerprint density at radius 2 is 1.67 bits per heavy atom. The van der Waals surface area contributed by atoms with Crippen molar-refractivity contribution in [3.63, 3.8) is 0 Å². The lowest BCUT2D eigenvalue weighted by Crippen LogP contribution is -2.38. The van der Waals surface area contributed by atoms with E-state index >= 15 is 0 Å². The smallest absolute Gasteiger partial charge is 0.489 e. The lowest BCUT2D eigenvalue weighted by Gasteiger charge is -2.23. The van der Waals surface area contributed by atoms with Crippen molar-refractivity contribution in [2.24, 2.45) is 0 Å². The first-order valence-corrected chi connectivity index (χ1v) is 10.7. The van der Waals surface area contributed by atoms with Crippen LogP contribution in [0.25, 0.3) is 11.4 Å². The first-order valence-electron chi connectivity index (χ1n) is 10.7. The highest BCUT2D eigenvalue weighted by Crippen LogP contribution is 2.28. The van der Waals surface area contributed by atoms with Gasteiger partial charge < -0.3 is 24.1 Å². The van der Waals surface area contributed by atoms with Crippen molar-refractivity contribution in [1.82, 2.24) is 9.97 Å². The molecule has 192 valence electrons. The van der Waals surface area contributed by atoms with Crippen molar-refractivity contribution in [1.29, 1.82) is 0 Å². The van der Waals surface area contributed by atoms with Crippen molar-refractivity contribution in [3.05, 3.63) is 65.5 Å². The monoisotopic (exact) mass is 506 g/mol. The Morgan fingerprint density at radius 3 is 2.25 bits per heavy atom. The maximum atomic E-state index is 12.4. The number of alkyl halides is 3. The third-order valence-corrected chi connectivity index (χ3v) is 5.00. The first-order chi connectivity index (χ1) is 16.9. The molecular weight excluding hydrogens is 481 g/mol. The lowest BCUT2D eigenvalue weighted by atomic mass is 10.1. The van der Waals surface area contributed by atoms with Gasteiger partial charge in [-0.2, -0.15) is 0 Å². The molecule has 0 saturated carbocycles. The minimum Gasteiger partial charge on any atom is -0.489 e. The molecular formula is C25H25F3N2O6. The number of ether oxygens (including phenoxy) is 4. The van der Waals surface area contributed by atoms with E-state index in [9.17, 15) is 23.1 Å². The molecule has 0 unspecified atom stereocenters. The summed E-state index contributed by atoms with van der Waals surface area (Å²) in [4.78, 5) is 20.1. The van der Waals surface area contributed by atoms with E-state index in [1.807, 2.05) is 0 Å². The molecule has 0 bridgehead atoms. The minimum absolute atomic E-state index is 0.123. The number of aryl methyl sites for hydroxylation is 1. The number of hydrogen-bond donors (Lipinski definition) is 1. The van der Waals surface area contributed by atoms with Crippen LogP contribution in [0.2, 0.25) is 0 Å². The predicted molar refractivity (Wildman–Crippen MR) is 123 cm³/mol. The zero-order chi connectivity index (χ0) is 26.5. The quantitative estimate of drug-likeness (QED) is 0.395.